The summed E-state index contributed by atoms with van der Waals surface area (Å²) >= 11 is 0. The predicted octanol–water partition coefficient (Wildman–Crippen LogP) is 2.95. The van der Waals surface area contributed by atoms with Crippen LogP contribution in [0.1, 0.15) is 59.3 Å². The number of carbonyl (C=O) groups excluding carboxylic acids is 1. The van der Waals surface area contributed by atoms with E-state index in [1.54, 1.807) is 0 Å². The molecule has 0 aliphatic heterocycles. The van der Waals surface area contributed by atoms with Crippen LogP contribution in [-0.4, -0.2) is 25.5 Å². The van der Waals surface area contributed by atoms with Crippen molar-refractivity contribution in [1.29, 1.82) is 0 Å². The lowest BCUT2D eigenvalue weighted by molar-refractivity contribution is -0.120. The minimum absolute atomic E-state index is 0.137. The van der Waals surface area contributed by atoms with E-state index in [1.807, 2.05) is 0 Å². The molecule has 2 atom stereocenters. The summed E-state index contributed by atoms with van der Waals surface area (Å²) in [6.07, 6.45) is 7.84. The standard InChI is InChI=1S/C16H32N2O/c1-13(2)7-10-18-16(19)12-17-9-8-15-6-4-5-14(3)11-15/h13-15,17H,4-12H2,1-3H3,(H,18,19). The summed E-state index contributed by atoms with van der Waals surface area (Å²) in [5.74, 6) is 2.57. The van der Waals surface area contributed by atoms with Crippen LogP contribution in [0.25, 0.3) is 0 Å². The van der Waals surface area contributed by atoms with Crippen molar-refractivity contribution in [1.82, 2.24) is 10.6 Å². The Hall–Kier alpha value is -0.570. The molecule has 112 valence electrons. The SMILES string of the molecule is CC(C)CCNC(=O)CNCCC1CCCC(C)C1. The first-order valence-electron chi connectivity index (χ1n) is 8.05. The van der Waals surface area contributed by atoms with Gasteiger partial charge >= 0.3 is 0 Å². The fourth-order valence-electron chi connectivity index (χ4n) is 2.89. The summed E-state index contributed by atoms with van der Waals surface area (Å²) < 4.78 is 0. The minimum atomic E-state index is 0.137. The van der Waals surface area contributed by atoms with Gasteiger partial charge in [0, 0.05) is 6.54 Å². The molecular weight excluding hydrogens is 236 g/mol. The molecule has 3 nitrogen and oxygen atoms in total. The van der Waals surface area contributed by atoms with E-state index in [-0.39, 0.29) is 5.91 Å². The zero-order chi connectivity index (χ0) is 14.1. The van der Waals surface area contributed by atoms with Gasteiger partial charge in [0.15, 0.2) is 0 Å². The lowest BCUT2D eigenvalue weighted by atomic mass is 9.81. The van der Waals surface area contributed by atoms with Gasteiger partial charge in [-0.3, -0.25) is 4.79 Å². The zero-order valence-electron chi connectivity index (χ0n) is 13.0. The third-order valence-electron chi connectivity index (χ3n) is 4.10. The summed E-state index contributed by atoms with van der Waals surface area (Å²) in [7, 11) is 0. The molecule has 0 aromatic heterocycles. The van der Waals surface area contributed by atoms with Gasteiger partial charge in [0.2, 0.25) is 5.91 Å². The van der Waals surface area contributed by atoms with Gasteiger partial charge in [0.05, 0.1) is 6.54 Å². The van der Waals surface area contributed by atoms with Crippen molar-refractivity contribution in [2.75, 3.05) is 19.6 Å². The fourth-order valence-corrected chi connectivity index (χ4v) is 2.89. The molecule has 0 bridgehead atoms. The third-order valence-corrected chi connectivity index (χ3v) is 4.10. The van der Waals surface area contributed by atoms with Crippen molar-refractivity contribution < 1.29 is 4.79 Å². The smallest absolute Gasteiger partial charge is 0.233 e. The van der Waals surface area contributed by atoms with Gasteiger partial charge < -0.3 is 10.6 Å². The molecule has 1 aliphatic rings. The molecule has 1 aliphatic carbocycles. The van der Waals surface area contributed by atoms with Crippen molar-refractivity contribution in [3.63, 3.8) is 0 Å². The first-order valence-corrected chi connectivity index (χ1v) is 8.05. The summed E-state index contributed by atoms with van der Waals surface area (Å²) in [5.41, 5.74) is 0. The molecule has 3 heteroatoms. The molecule has 0 aromatic carbocycles. The number of hydrogen-bond donors (Lipinski definition) is 2. The predicted molar refractivity (Wildman–Crippen MR) is 81.1 cm³/mol. The van der Waals surface area contributed by atoms with Gasteiger partial charge in [-0.15, -0.1) is 0 Å². The molecule has 0 spiro atoms. The van der Waals surface area contributed by atoms with Crippen LogP contribution in [0.3, 0.4) is 0 Å². The maximum atomic E-state index is 11.6. The molecule has 0 saturated heterocycles. The van der Waals surface area contributed by atoms with Gasteiger partial charge in [-0.1, -0.05) is 40.0 Å². The first-order chi connectivity index (χ1) is 9.08. The highest BCUT2D eigenvalue weighted by Gasteiger charge is 2.18. The lowest BCUT2D eigenvalue weighted by Crippen LogP contribution is -2.35. The third kappa shape index (κ3) is 8.25. The van der Waals surface area contributed by atoms with Crippen LogP contribution in [-0.2, 0) is 4.79 Å². The fraction of sp³-hybridized carbons (Fsp3) is 0.938. The molecular formula is C16H32N2O. The van der Waals surface area contributed by atoms with E-state index in [0.717, 1.165) is 31.3 Å². The normalized spacial score (nSPS) is 23.6. The average Bonchev–Trinajstić information content (AvgIpc) is 2.34. The van der Waals surface area contributed by atoms with E-state index >= 15 is 0 Å². The Morgan fingerprint density at radius 3 is 2.74 bits per heavy atom. The summed E-state index contributed by atoms with van der Waals surface area (Å²) in [6.45, 7) is 8.97. The second kappa shape index (κ2) is 9.35. The van der Waals surface area contributed by atoms with Gasteiger partial charge in [-0.05, 0) is 43.6 Å². The Balaban J connectivity index is 1.96. The Kier molecular flexibility index (Phi) is 8.11. The van der Waals surface area contributed by atoms with E-state index in [0.29, 0.717) is 12.5 Å². The molecule has 2 unspecified atom stereocenters. The summed E-state index contributed by atoms with van der Waals surface area (Å²) in [4.78, 5) is 11.6. The molecule has 1 fully saturated rings. The maximum Gasteiger partial charge on any atom is 0.233 e. The monoisotopic (exact) mass is 268 g/mol. The van der Waals surface area contributed by atoms with Gasteiger partial charge in [-0.2, -0.15) is 0 Å². The number of amides is 1. The van der Waals surface area contributed by atoms with E-state index < -0.39 is 0 Å². The lowest BCUT2D eigenvalue weighted by Gasteiger charge is -2.26. The number of hydrogen-bond acceptors (Lipinski definition) is 2. The van der Waals surface area contributed by atoms with Crippen molar-refractivity contribution in [2.45, 2.75) is 59.3 Å². The Morgan fingerprint density at radius 2 is 2.05 bits per heavy atom. The van der Waals surface area contributed by atoms with E-state index in [2.05, 4.69) is 31.4 Å². The van der Waals surface area contributed by atoms with Gasteiger partial charge in [0.25, 0.3) is 0 Å². The largest absolute Gasteiger partial charge is 0.355 e. The number of nitrogens with one attached hydrogen (secondary N) is 2. The van der Waals surface area contributed by atoms with Crippen LogP contribution in [0.15, 0.2) is 0 Å². The zero-order valence-corrected chi connectivity index (χ0v) is 13.0. The van der Waals surface area contributed by atoms with Crippen molar-refractivity contribution in [3.05, 3.63) is 0 Å². The minimum Gasteiger partial charge on any atom is -0.355 e. The first kappa shape index (κ1) is 16.5. The maximum absolute atomic E-state index is 11.6. The number of carbonyl (C=O) groups is 1. The molecule has 1 rings (SSSR count). The molecule has 1 saturated carbocycles. The summed E-state index contributed by atoms with van der Waals surface area (Å²) in [5, 5.41) is 6.23. The summed E-state index contributed by atoms with van der Waals surface area (Å²) in [6, 6.07) is 0. The van der Waals surface area contributed by atoms with Crippen molar-refractivity contribution in [3.8, 4) is 0 Å². The molecule has 0 aromatic rings. The average molecular weight is 268 g/mol. The highest BCUT2D eigenvalue weighted by atomic mass is 16.1. The Morgan fingerprint density at radius 1 is 1.26 bits per heavy atom. The van der Waals surface area contributed by atoms with Crippen LogP contribution in [0.4, 0.5) is 0 Å². The molecule has 0 radical (unpaired) electrons. The molecule has 0 heterocycles. The van der Waals surface area contributed by atoms with E-state index in [9.17, 15) is 4.79 Å². The van der Waals surface area contributed by atoms with E-state index in [4.69, 9.17) is 0 Å². The van der Waals surface area contributed by atoms with Crippen molar-refractivity contribution in [2.24, 2.45) is 17.8 Å². The second-order valence-electron chi connectivity index (χ2n) is 6.64. The quantitative estimate of drug-likeness (QED) is 0.665. The van der Waals surface area contributed by atoms with Crippen LogP contribution >= 0.6 is 0 Å². The van der Waals surface area contributed by atoms with E-state index in [1.165, 1.54) is 32.1 Å². The van der Waals surface area contributed by atoms with Crippen LogP contribution < -0.4 is 10.6 Å². The second-order valence-corrected chi connectivity index (χ2v) is 6.64. The molecule has 2 N–H and O–H groups in total. The highest BCUT2D eigenvalue weighted by molar-refractivity contribution is 5.77. The van der Waals surface area contributed by atoms with Crippen LogP contribution in [0.2, 0.25) is 0 Å². The van der Waals surface area contributed by atoms with Crippen LogP contribution in [0, 0.1) is 17.8 Å². The Labute approximate surface area is 118 Å². The van der Waals surface area contributed by atoms with Gasteiger partial charge in [0.1, 0.15) is 0 Å². The highest BCUT2D eigenvalue weighted by Crippen LogP contribution is 2.30. The van der Waals surface area contributed by atoms with Crippen molar-refractivity contribution >= 4 is 5.91 Å². The Bertz CT molecular complexity index is 253. The van der Waals surface area contributed by atoms with Gasteiger partial charge in [-0.25, -0.2) is 0 Å². The molecule has 19 heavy (non-hydrogen) atoms. The topological polar surface area (TPSA) is 41.1 Å². The molecule has 1 amide bonds. The number of rotatable bonds is 8. The van der Waals surface area contributed by atoms with Crippen LogP contribution in [0.5, 0.6) is 0 Å².